The fraction of sp³-hybridized carbons (Fsp3) is 0.167. The van der Waals surface area contributed by atoms with E-state index in [0.29, 0.717) is 35.4 Å². The minimum absolute atomic E-state index is 0.147. The number of benzene rings is 1. The Labute approximate surface area is 153 Å². The van der Waals surface area contributed by atoms with Crippen molar-refractivity contribution in [1.29, 1.82) is 0 Å². The summed E-state index contributed by atoms with van der Waals surface area (Å²) >= 11 is 6.01. The minimum Gasteiger partial charge on any atom is -0.470 e. The van der Waals surface area contributed by atoms with E-state index in [2.05, 4.69) is 15.2 Å². The summed E-state index contributed by atoms with van der Waals surface area (Å²) in [6, 6.07) is 11.0. The van der Waals surface area contributed by atoms with Crippen LogP contribution >= 0.6 is 11.6 Å². The van der Waals surface area contributed by atoms with E-state index in [1.54, 1.807) is 41.4 Å². The van der Waals surface area contributed by atoms with E-state index in [1.807, 2.05) is 0 Å². The van der Waals surface area contributed by atoms with Gasteiger partial charge in [-0.15, -0.1) is 0 Å². The summed E-state index contributed by atoms with van der Waals surface area (Å²) in [4.78, 5) is 18.2. The summed E-state index contributed by atoms with van der Waals surface area (Å²) in [5.41, 5.74) is 1.69. The van der Waals surface area contributed by atoms with Gasteiger partial charge in [0.15, 0.2) is 0 Å². The Morgan fingerprint density at radius 3 is 2.77 bits per heavy atom. The van der Waals surface area contributed by atoms with Crippen molar-refractivity contribution < 1.29 is 13.9 Å². The summed E-state index contributed by atoms with van der Waals surface area (Å²) < 4.78 is 18.7. The molecule has 2 aromatic heterocycles. The lowest BCUT2D eigenvalue weighted by molar-refractivity contribution is 0.0156. The van der Waals surface area contributed by atoms with Crippen molar-refractivity contribution >= 4 is 17.5 Å². The Bertz CT molecular complexity index is 938. The van der Waals surface area contributed by atoms with Crippen molar-refractivity contribution in [3.63, 3.8) is 0 Å². The van der Waals surface area contributed by atoms with E-state index >= 15 is 0 Å². The predicted octanol–water partition coefficient (Wildman–Crippen LogP) is 3.17. The summed E-state index contributed by atoms with van der Waals surface area (Å²) in [5, 5.41) is 7.29. The van der Waals surface area contributed by atoms with Crippen LogP contribution in [0.5, 0.6) is 5.88 Å². The maximum absolute atomic E-state index is 13.0. The number of aromatic amines is 1. The zero-order valence-corrected chi connectivity index (χ0v) is 14.3. The highest BCUT2D eigenvalue weighted by Gasteiger charge is 2.34. The van der Waals surface area contributed by atoms with E-state index < -0.39 is 0 Å². The third-order valence-corrected chi connectivity index (χ3v) is 4.37. The van der Waals surface area contributed by atoms with Gasteiger partial charge in [-0.05, 0) is 42.5 Å². The molecular formula is C18H14ClFN4O2. The zero-order valence-electron chi connectivity index (χ0n) is 13.5. The molecule has 26 heavy (non-hydrogen) atoms. The lowest BCUT2D eigenvalue weighted by Crippen LogP contribution is -2.56. The van der Waals surface area contributed by atoms with Crippen LogP contribution in [0.15, 0.2) is 48.7 Å². The van der Waals surface area contributed by atoms with E-state index in [4.69, 9.17) is 16.3 Å². The van der Waals surface area contributed by atoms with Gasteiger partial charge in [-0.1, -0.05) is 11.6 Å². The van der Waals surface area contributed by atoms with Crippen LogP contribution in [0.1, 0.15) is 10.5 Å². The van der Waals surface area contributed by atoms with Crippen molar-refractivity contribution in [2.24, 2.45) is 0 Å². The normalized spacial score (nSPS) is 14.2. The maximum atomic E-state index is 13.0. The van der Waals surface area contributed by atoms with Crippen molar-refractivity contribution in [3.8, 4) is 17.1 Å². The molecule has 1 amide bonds. The molecule has 0 saturated carbocycles. The van der Waals surface area contributed by atoms with Crippen LogP contribution in [0.25, 0.3) is 11.3 Å². The number of hydrogen-bond donors (Lipinski definition) is 1. The molecule has 1 N–H and O–H groups in total. The number of hydrogen-bond acceptors (Lipinski definition) is 4. The zero-order chi connectivity index (χ0) is 18.1. The van der Waals surface area contributed by atoms with Crippen LogP contribution < -0.4 is 4.74 Å². The minimum atomic E-state index is -0.319. The highest BCUT2D eigenvalue weighted by atomic mass is 35.5. The van der Waals surface area contributed by atoms with Gasteiger partial charge in [0.25, 0.3) is 5.91 Å². The van der Waals surface area contributed by atoms with Gasteiger partial charge in [0.2, 0.25) is 5.88 Å². The first-order chi connectivity index (χ1) is 12.6. The van der Waals surface area contributed by atoms with Crippen molar-refractivity contribution in [2.75, 3.05) is 13.1 Å². The van der Waals surface area contributed by atoms with E-state index in [9.17, 15) is 9.18 Å². The average Bonchev–Trinajstić information content (AvgIpc) is 3.09. The van der Waals surface area contributed by atoms with Crippen molar-refractivity contribution in [1.82, 2.24) is 20.1 Å². The number of halogens is 2. The van der Waals surface area contributed by atoms with E-state index in [-0.39, 0.29) is 17.8 Å². The Balaban J connectivity index is 1.38. The smallest absolute Gasteiger partial charge is 0.272 e. The van der Waals surface area contributed by atoms with E-state index in [1.165, 1.54) is 12.1 Å². The van der Waals surface area contributed by atoms with Crippen molar-refractivity contribution in [3.05, 3.63) is 65.2 Å². The van der Waals surface area contributed by atoms with Gasteiger partial charge in [0.05, 0.1) is 18.8 Å². The predicted molar refractivity (Wildman–Crippen MR) is 93.5 cm³/mol. The number of nitrogens with zero attached hydrogens (tertiary/aromatic N) is 3. The molecule has 3 heterocycles. The van der Waals surface area contributed by atoms with Gasteiger partial charge in [-0.25, -0.2) is 9.37 Å². The van der Waals surface area contributed by atoms with Gasteiger partial charge in [0.1, 0.15) is 22.6 Å². The Kier molecular flexibility index (Phi) is 4.30. The molecule has 6 nitrogen and oxygen atoms in total. The number of H-pyrrole nitrogens is 1. The standard InChI is InChI=1S/C18H14ClFN4O2/c19-14-2-1-7-21-17(14)26-13-9-24(10-13)18(25)16-8-15(22-23-16)11-3-5-12(20)6-4-11/h1-8,13H,9-10H2,(H,22,23). The molecule has 0 spiro atoms. The molecule has 0 atom stereocenters. The third-order valence-electron chi connectivity index (χ3n) is 4.09. The number of aromatic nitrogens is 3. The van der Waals surface area contributed by atoms with Crippen LogP contribution in [0, 0.1) is 5.82 Å². The Hall–Kier alpha value is -2.93. The number of ether oxygens (including phenoxy) is 1. The number of nitrogens with one attached hydrogen (secondary N) is 1. The van der Waals surface area contributed by atoms with Gasteiger partial charge in [-0.2, -0.15) is 5.10 Å². The molecule has 1 saturated heterocycles. The SMILES string of the molecule is O=C(c1cc(-c2ccc(F)cc2)n[nH]1)N1CC(Oc2ncccc2Cl)C1. The number of carbonyl (C=O) groups is 1. The molecule has 0 unspecified atom stereocenters. The van der Waals surface area contributed by atoms with Crippen LogP contribution in [0.4, 0.5) is 4.39 Å². The Morgan fingerprint density at radius 2 is 2.04 bits per heavy atom. The Morgan fingerprint density at radius 1 is 1.27 bits per heavy atom. The van der Waals surface area contributed by atoms with Crippen molar-refractivity contribution in [2.45, 2.75) is 6.10 Å². The molecule has 8 heteroatoms. The summed E-state index contributed by atoms with van der Waals surface area (Å²) in [7, 11) is 0. The molecule has 1 aromatic carbocycles. The fourth-order valence-corrected chi connectivity index (χ4v) is 2.83. The lowest BCUT2D eigenvalue weighted by atomic mass is 10.1. The van der Waals surface area contributed by atoms with Gasteiger partial charge < -0.3 is 9.64 Å². The second-order valence-corrected chi connectivity index (χ2v) is 6.32. The second-order valence-electron chi connectivity index (χ2n) is 5.91. The second kappa shape index (κ2) is 6.76. The molecule has 1 aliphatic heterocycles. The molecule has 1 fully saturated rings. The molecule has 132 valence electrons. The van der Waals surface area contributed by atoms with E-state index in [0.717, 1.165) is 5.56 Å². The highest BCUT2D eigenvalue weighted by molar-refractivity contribution is 6.31. The summed E-state index contributed by atoms with van der Waals surface area (Å²) in [6.07, 6.45) is 1.45. The molecule has 1 aliphatic rings. The fourth-order valence-electron chi connectivity index (χ4n) is 2.66. The summed E-state index contributed by atoms with van der Waals surface area (Å²) in [5.74, 6) is -0.121. The topological polar surface area (TPSA) is 71.1 Å². The van der Waals surface area contributed by atoms with Gasteiger partial charge >= 0.3 is 0 Å². The largest absolute Gasteiger partial charge is 0.470 e. The first-order valence-electron chi connectivity index (χ1n) is 7.98. The molecule has 4 rings (SSSR count). The molecule has 0 bridgehead atoms. The monoisotopic (exact) mass is 372 g/mol. The number of pyridine rings is 1. The van der Waals surface area contributed by atoms with Gasteiger partial charge in [-0.3, -0.25) is 9.89 Å². The first-order valence-corrected chi connectivity index (χ1v) is 8.36. The summed E-state index contributed by atoms with van der Waals surface area (Å²) in [6.45, 7) is 0.882. The molecule has 0 aliphatic carbocycles. The first kappa shape index (κ1) is 16.5. The maximum Gasteiger partial charge on any atom is 0.272 e. The van der Waals surface area contributed by atoms with Crippen LogP contribution in [0.3, 0.4) is 0 Å². The van der Waals surface area contributed by atoms with Crippen LogP contribution in [-0.2, 0) is 0 Å². The number of carbonyl (C=O) groups excluding carboxylic acids is 1. The van der Waals surface area contributed by atoms with Crippen LogP contribution in [0.2, 0.25) is 5.02 Å². The molecular weight excluding hydrogens is 359 g/mol. The molecule has 0 radical (unpaired) electrons. The lowest BCUT2D eigenvalue weighted by Gasteiger charge is -2.38. The average molecular weight is 373 g/mol. The highest BCUT2D eigenvalue weighted by Crippen LogP contribution is 2.25. The number of rotatable bonds is 4. The number of amides is 1. The number of likely N-dealkylation sites (tertiary alicyclic amines) is 1. The van der Waals surface area contributed by atoms with Gasteiger partial charge in [0, 0.05) is 11.8 Å². The third kappa shape index (κ3) is 3.25. The van der Waals surface area contributed by atoms with Crippen LogP contribution in [-0.4, -0.2) is 45.2 Å². The molecule has 3 aromatic rings. The quantitative estimate of drug-likeness (QED) is 0.763.